The fourth-order valence-electron chi connectivity index (χ4n) is 1.65. The summed E-state index contributed by atoms with van der Waals surface area (Å²) in [6.45, 7) is 12.5. The molecular weight excluding hydrogens is 228 g/mol. The van der Waals surface area contributed by atoms with E-state index in [0.29, 0.717) is 0 Å². The Hall–Kier alpha value is -0.610. The first-order valence-corrected chi connectivity index (χ1v) is 6.79. The third kappa shape index (κ3) is 7.67. The predicted octanol–water partition coefficient (Wildman–Crippen LogP) is 1.99. The van der Waals surface area contributed by atoms with Crippen LogP contribution in [0.5, 0.6) is 0 Å². The highest BCUT2D eigenvalue weighted by Gasteiger charge is 2.26. The van der Waals surface area contributed by atoms with Gasteiger partial charge in [0.05, 0.1) is 0 Å². The van der Waals surface area contributed by atoms with E-state index in [4.69, 9.17) is 4.74 Å². The summed E-state index contributed by atoms with van der Waals surface area (Å²) in [6.07, 6.45) is 1.04. The number of carbonyl (C=O) groups excluding carboxylic acids is 1. The minimum absolute atomic E-state index is 0.130. The van der Waals surface area contributed by atoms with Gasteiger partial charge in [-0.2, -0.15) is 0 Å². The van der Waals surface area contributed by atoms with Gasteiger partial charge in [-0.1, -0.05) is 6.92 Å². The Morgan fingerprint density at radius 1 is 1.17 bits per heavy atom. The smallest absolute Gasteiger partial charge is 0.323 e. The monoisotopic (exact) mass is 258 g/mol. The predicted molar refractivity (Wildman–Crippen MR) is 75.7 cm³/mol. The Balaban J connectivity index is 4.44. The van der Waals surface area contributed by atoms with E-state index in [1.165, 1.54) is 0 Å². The minimum Gasteiger partial charge on any atom is -0.459 e. The second-order valence-electron chi connectivity index (χ2n) is 6.05. The average Bonchev–Trinajstić information content (AvgIpc) is 2.20. The van der Waals surface area contributed by atoms with Crippen LogP contribution >= 0.6 is 0 Å². The zero-order chi connectivity index (χ0) is 14.3. The molecule has 0 spiro atoms. The molecule has 1 unspecified atom stereocenters. The van der Waals surface area contributed by atoms with Crippen molar-refractivity contribution in [2.45, 2.75) is 52.7 Å². The number of hydrogen-bond donors (Lipinski definition) is 0. The molecule has 0 heterocycles. The Labute approximate surface area is 112 Å². The van der Waals surface area contributed by atoms with Crippen LogP contribution in [0, 0.1) is 0 Å². The Morgan fingerprint density at radius 2 is 1.72 bits per heavy atom. The lowest BCUT2D eigenvalue weighted by atomic mass is 10.2. The van der Waals surface area contributed by atoms with E-state index in [1.54, 1.807) is 0 Å². The first-order valence-electron chi connectivity index (χ1n) is 6.79. The molecule has 4 nitrogen and oxygen atoms in total. The molecular formula is C14H30N2O2. The van der Waals surface area contributed by atoms with E-state index in [-0.39, 0.29) is 12.0 Å². The van der Waals surface area contributed by atoms with Crippen LogP contribution in [0.4, 0.5) is 0 Å². The first-order chi connectivity index (χ1) is 8.17. The first kappa shape index (κ1) is 17.4. The molecule has 4 heteroatoms. The number of esters is 1. The van der Waals surface area contributed by atoms with Crippen molar-refractivity contribution in [3.63, 3.8) is 0 Å². The number of likely N-dealkylation sites (N-methyl/N-ethyl adjacent to an activating group) is 1. The van der Waals surface area contributed by atoms with E-state index in [9.17, 15) is 4.79 Å². The van der Waals surface area contributed by atoms with Gasteiger partial charge in [0.15, 0.2) is 0 Å². The van der Waals surface area contributed by atoms with Gasteiger partial charge >= 0.3 is 5.97 Å². The fourth-order valence-corrected chi connectivity index (χ4v) is 1.65. The van der Waals surface area contributed by atoms with Crippen LogP contribution in [0.1, 0.15) is 41.0 Å². The maximum Gasteiger partial charge on any atom is 0.323 e. The van der Waals surface area contributed by atoms with Crippen LogP contribution in [0.2, 0.25) is 0 Å². The van der Waals surface area contributed by atoms with Crippen molar-refractivity contribution >= 4 is 5.97 Å². The van der Waals surface area contributed by atoms with Crippen LogP contribution in [0.3, 0.4) is 0 Å². The van der Waals surface area contributed by atoms with Crippen LogP contribution < -0.4 is 0 Å². The molecule has 0 radical (unpaired) electrons. The van der Waals surface area contributed by atoms with Gasteiger partial charge < -0.3 is 9.64 Å². The molecule has 0 bridgehead atoms. The Kier molecular flexibility index (Phi) is 7.48. The van der Waals surface area contributed by atoms with Gasteiger partial charge in [-0.15, -0.1) is 0 Å². The Bertz CT molecular complexity index is 247. The van der Waals surface area contributed by atoms with Crippen molar-refractivity contribution in [3.8, 4) is 0 Å². The number of ether oxygens (including phenoxy) is 1. The second kappa shape index (κ2) is 7.74. The Morgan fingerprint density at radius 3 is 2.11 bits per heavy atom. The summed E-state index contributed by atoms with van der Waals surface area (Å²) >= 11 is 0. The topological polar surface area (TPSA) is 32.8 Å². The number of rotatable bonds is 7. The summed E-state index contributed by atoms with van der Waals surface area (Å²) in [5, 5.41) is 0. The molecule has 0 amide bonds. The normalized spacial score (nSPS) is 14.1. The SMILES string of the molecule is CCCN(CCN(C)C)C(C)C(=O)OC(C)(C)C. The lowest BCUT2D eigenvalue weighted by Gasteiger charge is -2.30. The van der Waals surface area contributed by atoms with Crippen molar-refractivity contribution in [1.29, 1.82) is 0 Å². The second-order valence-corrected chi connectivity index (χ2v) is 6.05. The largest absolute Gasteiger partial charge is 0.459 e. The molecule has 0 rings (SSSR count). The highest BCUT2D eigenvalue weighted by Crippen LogP contribution is 2.11. The summed E-state index contributed by atoms with van der Waals surface area (Å²) < 4.78 is 5.44. The fraction of sp³-hybridized carbons (Fsp3) is 0.929. The molecule has 0 saturated carbocycles. The van der Waals surface area contributed by atoms with E-state index in [1.807, 2.05) is 41.8 Å². The van der Waals surface area contributed by atoms with Gasteiger partial charge in [0, 0.05) is 13.1 Å². The lowest BCUT2D eigenvalue weighted by molar-refractivity contribution is -0.160. The summed E-state index contributed by atoms with van der Waals surface area (Å²) in [6, 6.07) is -0.177. The van der Waals surface area contributed by atoms with Gasteiger partial charge in [-0.3, -0.25) is 9.69 Å². The molecule has 108 valence electrons. The van der Waals surface area contributed by atoms with Crippen molar-refractivity contribution in [1.82, 2.24) is 9.80 Å². The van der Waals surface area contributed by atoms with E-state index >= 15 is 0 Å². The number of hydrogen-bond acceptors (Lipinski definition) is 4. The van der Waals surface area contributed by atoms with Crippen molar-refractivity contribution in [2.24, 2.45) is 0 Å². The molecule has 0 aliphatic heterocycles. The summed E-state index contributed by atoms with van der Waals surface area (Å²) in [5.74, 6) is -0.130. The lowest BCUT2D eigenvalue weighted by Crippen LogP contribution is -2.45. The molecule has 0 saturated heterocycles. The van der Waals surface area contributed by atoms with Gasteiger partial charge in [-0.05, 0) is 54.8 Å². The maximum atomic E-state index is 12.0. The summed E-state index contributed by atoms with van der Waals surface area (Å²) in [4.78, 5) is 16.4. The van der Waals surface area contributed by atoms with Gasteiger partial charge in [0.2, 0.25) is 0 Å². The molecule has 1 atom stereocenters. The van der Waals surface area contributed by atoms with Crippen LogP contribution in [-0.2, 0) is 9.53 Å². The van der Waals surface area contributed by atoms with Crippen LogP contribution in [-0.4, -0.2) is 61.1 Å². The standard InChI is InChI=1S/C14H30N2O2/c1-8-9-16(11-10-15(6)7)12(2)13(17)18-14(3,4)5/h12H,8-11H2,1-7H3. The highest BCUT2D eigenvalue weighted by molar-refractivity contribution is 5.75. The molecule has 0 aliphatic carbocycles. The molecule has 0 N–H and O–H groups in total. The summed E-state index contributed by atoms with van der Waals surface area (Å²) in [5.41, 5.74) is -0.412. The molecule has 0 aliphatic rings. The maximum absolute atomic E-state index is 12.0. The zero-order valence-corrected chi connectivity index (χ0v) is 13.1. The van der Waals surface area contributed by atoms with Crippen molar-refractivity contribution < 1.29 is 9.53 Å². The molecule has 0 aromatic heterocycles. The molecule has 0 aromatic rings. The summed E-state index contributed by atoms with van der Waals surface area (Å²) in [7, 11) is 4.09. The molecule has 0 fully saturated rings. The van der Waals surface area contributed by atoms with Crippen LogP contribution in [0.25, 0.3) is 0 Å². The number of carbonyl (C=O) groups is 1. The van der Waals surface area contributed by atoms with Gasteiger partial charge in [-0.25, -0.2) is 0 Å². The number of nitrogens with zero attached hydrogens (tertiary/aromatic N) is 2. The zero-order valence-electron chi connectivity index (χ0n) is 13.1. The minimum atomic E-state index is -0.412. The average molecular weight is 258 g/mol. The van der Waals surface area contributed by atoms with Crippen molar-refractivity contribution in [3.05, 3.63) is 0 Å². The third-order valence-electron chi connectivity index (χ3n) is 2.64. The van der Waals surface area contributed by atoms with E-state index in [0.717, 1.165) is 26.1 Å². The van der Waals surface area contributed by atoms with E-state index < -0.39 is 5.60 Å². The quantitative estimate of drug-likeness (QED) is 0.654. The van der Waals surface area contributed by atoms with Gasteiger partial charge in [0.1, 0.15) is 11.6 Å². The van der Waals surface area contributed by atoms with Gasteiger partial charge in [0.25, 0.3) is 0 Å². The highest BCUT2D eigenvalue weighted by atomic mass is 16.6. The third-order valence-corrected chi connectivity index (χ3v) is 2.64. The van der Waals surface area contributed by atoms with Crippen molar-refractivity contribution in [2.75, 3.05) is 33.7 Å². The molecule has 0 aromatic carbocycles. The molecule has 18 heavy (non-hydrogen) atoms. The van der Waals surface area contributed by atoms with Crippen LogP contribution in [0.15, 0.2) is 0 Å². The van der Waals surface area contributed by atoms with E-state index in [2.05, 4.69) is 16.7 Å².